The number of carbonyl (C=O) groups excluding carboxylic acids is 2. The number of para-hydroxylation sites is 1. The number of carbonyl (C=O) groups is 2. The number of rotatable bonds is 8. The summed E-state index contributed by atoms with van der Waals surface area (Å²) in [5, 5.41) is 5.53. The van der Waals surface area contributed by atoms with E-state index in [1.54, 1.807) is 31.4 Å². The van der Waals surface area contributed by atoms with Gasteiger partial charge in [-0.3, -0.25) is 9.59 Å². The largest absolute Gasteiger partial charge is 0.496 e. The first kappa shape index (κ1) is 21.9. The molecule has 31 heavy (non-hydrogen) atoms. The van der Waals surface area contributed by atoms with Gasteiger partial charge in [-0.05, 0) is 56.3 Å². The fourth-order valence-corrected chi connectivity index (χ4v) is 3.12. The van der Waals surface area contributed by atoms with Crippen molar-refractivity contribution in [1.29, 1.82) is 0 Å². The molecule has 2 amide bonds. The van der Waals surface area contributed by atoms with E-state index in [1.807, 2.05) is 62.4 Å². The molecular weight excluding hydrogens is 392 g/mol. The molecule has 0 saturated heterocycles. The molecule has 160 valence electrons. The predicted molar refractivity (Wildman–Crippen MR) is 120 cm³/mol. The SMILES string of the molecule is COc1ccc(C)cc1[C@@H](C)NC(=O)CNC(=O)c1ccc(Oc2ccccc2)cc1. The summed E-state index contributed by atoms with van der Waals surface area (Å²) < 4.78 is 11.1. The Hall–Kier alpha value is -3.80. The first-order valence-corrected chi connectivity index (χ1v) is 10.0. The summed E-state index contributed by atoms with van der Waals surface area (Å²) in [6.07, 6.45) is 0. The third-order valence-corrected chi connectivity index (χ3v) is 4.73. The van der Waals surface area contributed by atoms with Crippen LogP contribution in [0.5, 0.6) is 17.2 Å². The van der Waals surface area contributed by atoms with Gasteiger partial charge in [-0.25, -0.2) is 0 Å². The van der Waals surface area contributed by atoms with Crippen LogP contribution in [0, 0.1) is 6.92 Å². The molecule has 3 aromatic carbocycles. The Balaban J connectivity index is 1.52. The first-order chi connectivity index (χ1) is 15.0. The van der Waals surface area contributed by atoms with Crippen molar-refractivity contribution in [2.75, 3.05) is 13.7 Å². The molecule has 3 rings (SSSR count). The summed E-state index contributed by atoms with van der Waals surface area (Å²) in [5.74, 6) is 1.44. The minimum Gasteiger partial charge on any atom is -0.496 e. The number of amides is 2. The molecule has 0 aliphatic carbocycles. The second-order valence-corrected chi connectivity index (χ2v) is 7.16. The van der Waals surface area contributed by atoms with Crippen molar-refractivity contribution in [3.8, 4) is 17.2 Å². The minimum absolute atomic E-state index is 0.125. The van der Waals surface area contributed by atoms with E-state index >= 15 is 0 Å². The third-order valence-electron chi connectivity index (χ3n) is 4.73. The van der Waals surface area contributed by atoms with E-state index in [9.17, 15) is 9.59 Å². The second-order valence-electron chi connectivity index (χ2n) is 7.16. The van der Waals surface area contributed by atoms with Crippen LogP contribution in [0.1, 0.15) is 34.5 Å². The average molecular weight is 418 g/mol. The maximum absolute atomic E-state index is 12.4. The van der Waals surface area contributed by atoms with E-state index in [-0.39, 0.29) is 24.4 Å². The van der Waals surface area contributed by atoms with Crippen LogP contribution in [0.3, 0.4) is 0 Å². The van der Waals surface area contributed by atoms with Gasteiger partial charge < -0.3 is 20.1 Å². The monoisotopic (exact) mass is 418 g/mol. The maximum atomic E-state index is 12.4. The Bertz CT molecular complexity index is 1030. The Morgan fingerprint density at radius 1 is 0.935 bits per heavy atom. The lowest BCUT2D eigenvalue weighted by molar-refractivity contribution is -0.120. The van der Waals surface area contributed by atoms with Crippen molar-refractivity contribution in [2.45, 2.75) is 19.9 Å². The summed E-state index contributed by atoms with van der Waals surface area (Å²) in [7, 11) is 1.60. The molecule has 0 saturated carbocycles. The zero-order valence-electron chi connectivity index (χ0n) is 17.8. The highest BCUT2D eigenvalue weighted by Crippen LogP contribution is 2.26. The van der Waals surface area contributed by atoms with E-state index in [2.05, 4.69) is 10.6 Å². The Kier molecular flexibility index (Phi) is 7.27. The lowest BCUT2D eigenvalue weighted by atomic mass is 10.0. The van der Waals surface area contributed by atoms with Crippen LogP contribution in [0.15, 0.2) is 72.8 Å². The molecular formula is C25H26N2O4. The topological polar surface area (TPSA) is 76.7 Å². The lowest BCUT2D eigenvalue weighted by Crippen LogP contribution is -2.38. The molecule has 0 bridgehead atoms. The zero-order valence-corrected chi connectivity index (χ0v) is 17.8. The molecule has 3 aromatic rings. The fourth-order valence-electron chi connectivity index (χ4n) is 3.12. The number of aryl methyl sites for hydroxylation is 1. The summed E-state index contributed by atoms with van der Waals surface area (Å²) in [5.41, 5.74) is 2.41. The highest BCUT2D eigenvalue weighted by Gasteiger charge is 2.15. The third kappa shape index (κ3) is 6.09. The van der Waals surface area contributed by atoms with E-state index in [4.69, 9.17) is 9.47 Å². The molecule has 6 nitrogen and oxygen atoms in total. The predicted octanol–water partition coefficient (Wildman–Crippen LogP) is 4.40. The fraction of sp³-hybridized carbons (Fsp3) is 0.200. The smallest absolute Gasteiger partial charge is 0.251 e. The number of hydrogen-bond donors (Lipinski definition) is 2. The number of methoxy groups -OCH3 is 1. The molecule has 1 atom stereocenters. The number of ether oxygens (including phenoxy) is 2. The van der Waals surface area contributed by atoms with E-state index in [0.29, 0.717) is 17.1 Å². The molecule has 0 heterocycles. The van der Waals surface area contributed by atoms with Crippen LogP contribution in [0.25, 0.3) is 0 Å². The summed E-state index contributed by atoms with van der Waals surface area (Å²) in [6.45, 7) is 3.73. The van der Waals surface area contributed by atoms with Gasteiger partial charge in [0, 0.05) is 11.1 Å². The van der Waals surface area contributed by atoms with Crippen LogP contribution in [0.2, 0.25) is 0 Å². The Morgan fingerprint density at radius 2 is 1.61 bits per heavy atom. The van der Waals surface area contributed by atoms with Gasteiger partial charge in [0.05, 0.1) is 19.7 Å². The number of nitrogens with one attached hydrogen (secondary N) is 2. The van der Waals surface area contributed by atoms with Crippen molar-refractivity contribution in [3.63, 3.8) is 0 Å². The number of hydrogen-bond acceptors (Lipinski definition) is 4. The van der Waals surface area contributed by atoms with Crippen molar-refractivity contribution in [1.82, 2.24) is 10.6 Å². The quantitative estimate of drug-likeness (QED) is 0.568. The van der Waals surface area contributed by atoms with E-state index in [0.717, 1.165) is 16.9 Å². The van der Waals surface area contributed by atoms with Crippen LogP contribution in [-0.2, 0) is 4.79 Å². The van der Waals surface area contributed by atoms with Gasteiger partial charge in [-0.2, -0.15) is 0 Å². The normalized spacial score (nSPS) is 11.3. The summed E-state index contributed by atoms with van der Waals surface area (Å²) >= 11 is 0. The molecule has 0 aliphatic heterocycles. The molecule has 0 unspecified atom stereocenters. The van der Waals surface area contributed by atoms with Crippen molar-refractivity contribution >= 4 is 11.8 Å². The molecule has 2 N–H and O–H groups in total. The van der Waals surface area contributed by atoms with Gasteiger partial charge in [-0.15, -0.1) is 0 Å². The van der Waals surface area contributed by atoms with Crippen LogP contribution in [-0.4, -0.2) is 25.5 Å². The molecule has 6 heteroatoms. The van der Waals surface area contributed by atoms with Gasteiger partial charge >= 0.3 is 0 Å². The molecule has 0 radical (unpaired) electrons. The van der Waals surface area contributed by atoms with E-state index < -0.39 is 0 Å². The average Bonchev–Trinajstić information content (AvgIpc) is 2.78. The number of benzene rings is 3. The standard InChI is InChI=1S/C25H26N2O4/c1-17-9-14-23(30-3)22(15-17)18(2)27-24(28)16-26-25(29)19-10-12-21(13-11-19)31-20-7-5-4-6-8-20/h4-15,18H,16H2,1-3H3,(H,26,29)(H,27,28)/t18-/m1/s1. The molecule has 0 spiro atoms. The zero-order chi connectivity index (χ0) is 22.2. The second kappa shape index (κ2) is 10.3. The highest BCUT2D eigenvalue weighted by atomic mass is 16.5. The van der Waals surface area contributed by atoms with Crippen molar-refractivity contribution in [2.24, 2.45) is 0 Å². The van der Waals surface area contributed by atoms with Gasteiger partial charge in [0.25, 0.3) is 5.91 Å². The van der Waals surface area contributed by atoms with Crippen LogP contribution >= 0.6 is 0 Å². The minimum atomic E-state index is -0.331. The van der Waals surface area contributed by atoms with E-state index in [1.165, 1.54) is 0 Å². The lowest BCUT2D eigenvalue weighted by Gasteiger charge is -2.18. The molecule has 0 aromatic heterocycles. The summed E-state index contributed by atoms with van der Waals surface area (Å²) in [4.78, 5) is 24.7. The van der Waals surface area contributed by atoms with Crippen molar-refractivity contribution in [3.05, 3.63) is 89.5 Å². The summed E-state index contributed by atoms with van der Waals surface area (Å²) in [6, 6.07) is 21.7. The van der Waals surface area contributed by atoms with Gasteiger partial charge in [0.2, 0.25) is 5.91 Å². The van der Waals surface area contributed by atoms with Gasteiger partial charge in [0.15, 0.2) is 0 Å². The first-order valence-electron chi connectivity index (χ1n) is 10.0. The molecule has 0 aliphatic rings. The molecule has 0 fully saturated rings. The highest BCUT2D eigenvalue weighted by molar-refractivity contribution is 5.96. The Morgan fingerprint density at radius 3 is 2.29 bits per heavy atom. The Labute approximate surface area is 182 Å². The van der Waals surface area contributed by atoms with Gasteiger partial charge in [0.1, 0.15) is 17.2 Å². The van der Waals surface area contributed by atoms with Gasteiger partial charge in [-0.1, -0.05) is 35.9 Å². The van der Waals surface area contributed by atoms with Crippen LogP contribution < -0.4 is 20.1 Å². The maximum Gasteiger partial charge on any atom is 0.251 e. The van der Waals surface area contributed by atoms with Crippen LogP contribution in [0.4, 0.5) is 0 Å². The van der Waals surface area contributed by atoms with Crippen molar-refractivity contribution < 1.29 is 19.1 Å².